The molecule has 94 valence electrons. The van der Waals surface area contributed by atoms with Gasteiger partial charge in [-0.05, 0) is 43.5 Å². The summed E-state index contributed by atoms with van der Waals surface area (Å²) in [5.41, 5.74) is 1.23. The highest BCUT2D eigenvalue weighted by molar-refractivity contribution is 9.10. The van der Waals surface area contributed by atoms with E-state index in [1.807, 2.05) is 6.07 Å². The fourth-order valence-electron chi connectivity index (χ4n) is 1.81. The Kier molecular flexibility index (Phi) is 3.79. The van der Waals surface area contributed by atoms with Crippen molar-refractivity contribution in [2.45, 2.75) is 45.3 Å². The molecule has 3 heteroatoms. The van der Waals surface area contributed by atoms with E-state index in [4.69, 9.17) is 4.74 Å². The number of hydrogen-bond donors (Lipinski definition) is 1. The summed E-state index contributed by atoms with van der Waals surface area (Å²) in [5.74, 6) is 1.01. The summed E-state index contributed by atoms with van der Waals surface area (Å²) in [6.07, 6.45) is 2.31. The smallest absolute Gasteiger partial charge is 0.123 e. The van der Waals surface area contributed by atoms with E-state index >= 15 is 0 Å². The van der Waals surface area contributed by atoms with Gasteiger partial charge in [0, 0.05) is 17.1 Å². The summed E-state index contributed by atoms with van der Waals surface area (Å²) in [6, 6.07) is 6.70. The van der Waals surface area contributed by atoms with Gasteiger partial charge in [-0.2, -0.15) is 0 Å². The Hall–Kier alpha value is -0.540. The number of aryl methyl sites for hydroxylation is 1. The maximum atomic E-state index is 6.17. The Morgan fingerprint density at radius 1 is 1.41 bits per heavy atom. The topological polar surface area (TPSA) is 21.3 Å². The molecular weight excluding hydrogens is 278 g/mol. The molecule has 0 saturated heterocycles. The van der Waals surface area contributed by atoms with Crippen LogP contribution < -0.4 is 10.1 Å². The minimum absolute atomic E-state index is 0.0445. The second-order valence-electron chi connectivity index (χ2n) is 5.23. The highest BCUT2D eigenvalue weighted by Crippen LogP contribution is 2.41. The summed E-state index contributed by atoms with van der Waals surface area (Å²) in [7, 11) is 0. The molecule has 17 heavy (non-hydrogen) atoms. The fraction of sp³-hybridized carbons (Fsp3) is 0.571. The molecule has 1 aromatic rings. The van der Waals surface area contributed by atoms with Crippen molar-refractivity contribution < 1.29 is 4.74 Å². The third-order valence-corrected chi connectivity index (χ3v) is 3.60. The zero-order chi connectivity index (χ0) is 12.5. The molecule has 0 unspecified atom stereocenters. The van der Waals surface area contributed by atoms with Gasteiger partial charge in [-0.3, -0.25) is 0 Å². The van der Waals surface area contributed by atoms with E-state index in [0.717, 1.165) is 29.6 Å². The lowest BCUT2D eigenvalue weighted by atomic mass is 10.2. The molecule has 1 aliphatic carbocycles. The molecule has 1 N–H and O–H groups in total. The molecule has 0 bridgehead atoms. The number of hydrogen-bond acceptors (Lipinski definition) is 2. The molecule has 2 nitrogen and oxygen atoms in total. The Bertz CT molecular complexity index is 399. The first-order valence-corrected chi connectivity index (χ1v) is 6.99. The lowest BCUT2D eigenvalue weighted by Crippen LogP contribution is -2.37. The lowest BCUT2D eigenvalue weighted by Gasteiger charge is -2.21. The standard InChI is InChI=1S/C14H20BrNO/c1-10(2)16-9-14(6-7-14)17-13-5-4-12(15)8-11(13)3/h4-5,8,10,16H,6-7,9H2,1-3H3. The molecule has 1 aliphatic rings. The highest BCUT2D eigenvalue weighted by Gasteiger charge is 2.45. The first-order chi connectivity index (χ1) is 8.01. The summed E-state index contributed by atoms with van der Waals surface area (Å²) in [6.45, 7) is 7.37. The maximum Gasteiger partial charge on any atom is 0.123 e. The van der Waals surface area contributed by atoms with Crippen LogP contribution in [0.5, 0.6) is 5.75 Å². The number of ether oxygens (including phenoxy) is 1. The van der Waals surface area contributed by atoms with Crippen molar-refractivity contribution in [1.82, 2.24) is 5.32 Å². The van der Waals surface area contributed by atoms with Gasteiger partial charge in [-0.25, -0.2) is 0 Å². The predicted octanol–water partition coefficient (Wildman–Crippen LogP) is 3.67. The van der Waals surface area contributed by atoms with Crippen molar-refractivity contribution in [2.24, 2.45) is 0 Å². The summed E-state index contributed by atoms with van der Waals surface area (Å²) in [4.78, 5) is 0. The summed E-state index contributed by atoms with van der Waals surface area (Å²) < 4.78 is 7.27. The van der Waals surface area contributed by atoms with Gasteiger partial charge in [0.05, 0.1) is 0 Å². The van der Waals surface area contributed by atoms with Crippen molar-refractivity contribution in [3.63, 3.8) is 0 Å². The van der Waals surface area contributed by atoms with Gasteiger partial charge in [0.2, 0.25) is 0 Å². The first-order valence-electron chi connectivity index (χ1n) is 6.19. The van der Waals surface area contributed by atoms with Crippen LogP contribution in [-0.2, 0) is 0 Å². The maximum absolute atomic E-state index is 6.17. The molecule has 0 spiro atoms. The van der Waals surface area contributed by atoms with E-state index in [-0.39, 0.29) is 5.60 Å². The van der Waals surface area contributed by atoms with Gasteiger partial charge in [-0.15, -0.1) is 0 Å². The van der Waals surface area contributed by atoms with E-state index in [2.05, 4.69) is 54.2 Å². The molecule has 0 radical (unpaired) electrons. The van der Waals surface area contributed by atoms with Crippen LogP contribution in [0, 0.1) is 6.92 Å². The molecule has 0 aromatic heterocycles. The Labute approximate surface area is 112 Å². The van der Waals surface area contributed by atoms with Gasteiger partial charge in [0.25, 0.3) is 0 Å². The zero-order valence-corrected chi connectivity index (χ0v) is 12.3. The van der Waals surface area contributed by atoms with Crippen LogP contribution in [-0.4, -0.2) is 18.2 Å². The molecule has 2 rings (SSSR count). The van der Waals surface area contributed by atoms with Crippen molar-refractivity contribution in [2.75, 3.05) is 6.54 Å². The van der Waals surface area contributed by atoms with Crippen LogP contribution in [0.1, 0.15) is 32.3 Å². The van der Waals surface area contributed by atoms with Crippen molar-refractivity contribution in [3.8, 4) is 5.75 Å². The quantitative estimate of drug-likeness (QED) is 0.895. The minimum Gasteiger partial charge on any atom is -0.486 e. The number of nitrogens with one attached hydrogen (secondary N) is 1. The molecule has 1 fully saturated rings. The molecule has 1 aromatic carbocycles. The van der Waals surface area contributed by atoms with Crippen LogP contribution in [0.3, 0.4) is 0 Å². The van der Waals surface area contributed by atoms with Crippen molar-refractivity contribution in [3.05, 3.63) is 28.2 Å². The van der Waals surface area contributed by atoms with Gasteiger partial charge in [-0.1, -0.05) is 29.8 Å². The average molecular weight is 298 g/mol. The summed E-state index contributed by atoms with van der Waals surface area (Å²) in [5, 5.41) is 3.47. The number of rotatable bonds is 5. The van der Waals surface area contributed by atoms with Crippen molar-refractivity contribution in [1.29, 1.82) is 0 Å². The Morgan fingerprint density at radius 3 is 2.65 bits per heavy atom. The van der Waals surface area contributed by atoms with Gasteiger partial charge >= 0.3 is 0 Å². The van der Waals surface area contributed by atoms with E-state index < -0.39 is 0 Å². The second-order valence-corrected chi connectivity index (χ2v) is 6.15. The van der Waals surface area contributed by atoms with Crippen LogP contribution in [0.15, 0.2) is 22.7 Å². The van der Waals surface area contributed by atoms with E-state index in [0.29, 0.717) is 6.04 Å². The summed E-state index contributed by atoms with van der Waals surface area (Å²) >= 11 is 3.47. The molecule has 1 saturated carbocycles. The lowest BCUT2D eigenvalue weighted by molar-refractivity contribution is 0.171. The fourth-order valence-corrected chi connectivity index (χ4v) is 2.28. The third-order valence-electron chi connectivity index (χ3n) is 3.10. The second kappa shape index (κ2) is 4.99. The van der Waals surface area contributed by atoms with Crippen LogP contribution in [0.2, 0.25) is 0 Å². The highest BCUT2D eigenvalue weighted by atomic mass is 79.9. The molecular formula is C14H20BrNO. The molecule has 0 amide bonds. The largest absolute Gasteiger partial charge is 0.486 e. The van der Waals surface area contributed by atoms with E-state index in [1.165, 1.54) is 5.56 Å². The van der Waals surface area contributed by atoms with Crippen LogP contribution >= 0.6 is 15.9 Å². The number of halogens is 1. The van der Waals surface area contributed by atoms with Crippen molar-refractivity contribution >= 4 is 15.9 Å². The monoisotopic (exact) mass is 297 g/mol. The molecule has 0 heterocycles. The van der Waals surface area contributed by atoms with E-state index in [9.17, 15) is 0 Å². The normalized spacial score (nSPS) is 17.2. The van der Waals surface area contributed by atoms with Gasteiger partial charge in [0.15, 0.2) is 0 Å². The van der Waals surface area contributed by atoms with Gasteiger partial charge < -0.3 is 10.1 Å². The van der Waals surface area contributed by atoms with Gasteiger partial charge in [0.1, 0.15) is 11.4 Å². The van der Waals surface area contributed by atoms with Crippen LogP contribution in [0.4, 0.5) is 0 Å². The molecule has 0 atom stereocenters. The zero-order valence-electron chi connectivity index (χ0n) is 10.7. The Morgan fingerprint density at radius 2 is 2.12 bits per heavy atom. The Balaban J connectivity index is 2.00. The predicted molar refractivity (Wildman–Crippen MR) is 74.6 cm³/mol. The van der Waals surface area contributed by atoms with Crippen LogP contribution in [0.25, 0.3) is 0 Å². The average Bonchev–Trinajstić information content (AvgIpc) is 3.00. The molecule has 0 aliphatic heterocycles. The third kappa shape index (κ3) is 3.46. The SMILES string of the molecule is Cc1cc(Br)ccc1OC1(CNC(C)C)CC1. The first kappa shape index (κ1) is 12.9. The van der Waals surface area contributed by atoms with E-state index in [1.54, 1.807) is 0 Å². The number of benzene rings is 1. The minimum atomic E-state index is 0.0445.